The van der Waals surface area contributed by atoms with Gasteiger partial charge in [-0.05, 0) is 42.3 Å². The van der Waals surface area contributed by atoms with Gasteiger partial charge in [0.15, 0.2) is 0 Å². The summed E-state index contributed by atoms with van der Waals surface area (Å²) in [6.07, 6.45) is 3.39. The van der Waals surface area contributed by atoms with Crippen molar-refractivity contribution in [1.82, 2.24) is 30.5 Å². The normalized spacial score (nSPS) is 15.2. The van der Waals surface area contributed by atoms with Gasteiger partial charge in [0.05, 0.1) is 29.1 Å². The zero-order chi connectivity index (χ0) is 24.9. The molecule has 1 fully saturated rings. The molecule has 5 rings (SSSR count). The van der Waals surface area contributed by atoms with Crippen molar-refractivity contribution in [2.75, 3.05) is 24.6 Å². The fourth-order valence-electron chi connectivity index (χ4n) is 4.03. The summed E-state index contributed by atoms with van der Waals surface area (Å²) in [5.41, 5.74) is 1.41. The lowest BCUT2D eigenvalue weighted by Gasteiger charge is -2.22. The molecule has 1 aliphatic rings. The predicted octanol–water partition coefficient (Wildman–Crippen LogP) is 2.36. The number of aromatic nitrogens is 5. The monoisotopic (exact) mass is 489 g/mol. The standard InChI is InChI=1S/C25H24FN7O3/c26-21-9-3-2-8-20(21)25-29-31-33(30-25)16-24(35)32(15-23(34)28-14-19-7-5-11-36-19)18-12-17-6-1-4-10-22(17)27-13-18/h1-4,6,8-10,12-13,19H,5,7,11,14-16H2,(H,28,34)/t19-/m0/s1. The largest absolute Gasteiger partial charge is 0.376 e. The number of hydrogen-bond donors (Lipinski definition) is 1. The van der Waals surface area contributed by atoms with Crippen LogP contribution in [-0.2, 0) is 20.9 Å². The van der Waals surface area contributed by atoms with Gasteiger partial charge in [-0.15, -0.1) is 10.2 Å². The quantitative estimate of drug-likeness (QED) is 0.404. The molecule has 184 valence electrons. The summed E-state index contributed by atoms with van der Waals surface area (Å²) in [4.78, 5) is 32.9. The number of tetrazole rings is 1. The maximum atomic E-state index is 14.1. The maximum absolute atomic E-state index is 14.1. The van der Waals surface area contributed by atoms with Gasteiger partial charge < -0.3 is 10.1 Å². The van der Waals surface area contributed by atoms with Crippen LogP contribution in [-0.4, -0.2) is 62.8 Å². The zero-order valence-corrected chi connectivity index (χ0v) is 19.4. The zero-order valence-electron chi connectivity index (χ0n) is 19.4. The lowest BCUT2D eigenvalue weighted by Crippen LogP contribution is -2.44. The third-order valence-electron chi connectivity index (χ3n) is 5.89. The van der Waals surface area contributed by atoms with E-state index in [9.17, 15) is 14.0 Å². The van der Waals surface area contributed by atoms with Crippen LogP contribution >= 0.6 is 0 Å². The molecule has 0 aliphatic carbocycles. The van der Waals surface area contributed by atoms with Crippen LogP contribution in [0.25, 0.3) is 22.3 Å². The van der Waals surface area contributed by atoms with Gasteiger partial charge in [-0.2, -0.15) is 4.80 Å². The van der Waals surface area contributed by atoms with E-state index in [2.05, 4.69) is 25.7 Å². The second-order valence-corrected chi connectivity index (χ2v) is 8.43. The van der Waals surface area contributed by atoms with Gasteiger partial charge in [0.1, 0.15) is 18.9 Å². The molecule has 0 bridgehead atoms. The van der Waals surface area contributed by atoms with Gasteiger partial charge >= 0.3 is 0 Å². The number of anilines is 1. The highest BCUT2D eigenvalue weighted by molar-refractivity contribution is 5.99. The van der Waals surface area contributed by atoms with E-state index in [-0.39, 0.29) is 36.5 Å². The first-order valence-electron chi connectivity index (χ1n) is 11.6. The Morgan fingerprint density at radius 1 is 1.17 bits per heavy atom. The molecular formula is C25H24FN7O3. The van der Waals surface area contributed by atoms with Crippen molar-refractivity contribution in [2.24, 2.45) is 0 Å². The van der Waals surface area contributed by atoms with E-state index >= 15 is 0 Å². The molecule has 2 aromatic heterocycles. The molecule has 0 spiro atoms. The molecule has 11 heteroatoms. The highest BCUT2D eigenvalue weighted by Gasteiger charge is 2.23. The van der Waals surface area contributed by atoms with E-state index in [1.807, 2.05) is 24.3 Å². The van der Waals surface area contributed by atoms with Gasteiger partial charge in [0, 0.05) is 18.5 Å². The number of amides is 2. The molecule has 1 aliphatic heterocycles. The Bertz CT molecular complexity index is 1390. The predicted molar refractivity (Wildman–Crippen MR) is 129 cm³/mol. The molecule has 1 atom stereocenters. The number of para-hydroxylation sites is 1. The number of pyridine rings is 1. The molecule has 1 N–H and O–H groups in total. The number of nitrogens with one attached hydrogen (secondary N) is 1. The summed E-state index contributed by atoms with van der Waals surface area (Å²) >= 11 is 0. The van der Waals surface area contributed by atoms with Crippen molar-refractivity contribution in [3.8, 4) is 11.4 Å². The summed E-state index contributed by atoms with van der Waals surface area (Å²) in [6, 6.07) is 15.3. The van der Waals surface area contributed by atoms with Crippen molar-refractivity contribution in [2.45, 2.75) is 25.5 Å². The molecule has 4 aromatic rings. The summed E-state index contributed by atoms with van der Waals surface area (Å²) in [5, 5.41) is 15.6. The Morgan fingerprint density at radius 3 is 2.83 bits per heavy atom. The Morgan fingerprint density at radius 2 is 2.00 bits per heavy atom. The van der Waals surface area contributed by atoms with Crippen molar-refractivity contribution in [3.05, 3.63) is 66.6 Å². The number of ether oxygens (including phenoxy) is 1. The molecule has 0 radical (unpaired) electrons. The number of fused-ring (bicyclic) bond motifs is 1. The summed E-state index contributed by atoms with van der Waals surface area (Å²) in [5.74, 6) is -1.20. The van der Waals surface area contributed by atoms with Gasteiger partial charge in [0.25, 0.3) is 5.91 Å². The van der Waals surface area contributed by atoms with Gasteiger partial charge in [-0.3, -0.25) is 19.5 Å². The van der Waals surface area contributed by atoms with E-state index in [4.69, 9.17) is 4.74 Å². The summed E-state index contributed by atoms with van der Waals surface area (Å²) < 4.78 is 19.7. The molecule has 0 unspecified atom stereocenters. The van der Waals surface area contributed by atoms with E-state index in [1.165, 1.54) is 17.0 Å². The number of rotatable bonds is 8. The minimum absolute atomic E-state index is 0.0170. The van der Waals surface area contributed by atoms with E-state index in [0.717, 1.165) is 28.5 Å². The van der Waals surface area contributed by atoms with E-state index in [1.54, 1.807) is 24.4 Å². The topological polar surface area (TPSA) is 115 Å². The van der Waals surface area contributed by atoms with Crippen LogP contribution in [0.5, 0.6) is 0 Å². The Labute approximate surface area is 206 Å². The fraction of sp³-hybridized carbons (Fsp3) is 0.280. The Kier molecular flexibility index (Phi) is 6.89. The SMILES string of the molecule is O=C(CN(C(=O)Cn1nnc(-c2ccccc2F)n1)c1cnc2ccccc2c1)NC[C@@H]1CCCO1. The second-order valence-electron chi connectivity index (χ2n) is 8.43. The average molecular weight is 490 g/mol. The van der Waals surface area contributed by atoms with Gasteiger partial charge in [-0.1, -0.05) is 30.3 Å². The number of carbonyl (C=O) groups is 2. The van der Waals surface area contributed by atoms with Crippen LogP contribution in [0.3, 0.4) is 0 Å². The van der Waals surface area contributed by atoms with Gasteiger partial charge in [-0.25, -0.2) is 4.39 Å². The minimum Gasteiger partial charge on any atom is -0.376 e. The van der Waals surface area contributed by atoms with Crippen molar-refractivity contribution in [3.63, 3.8) is 0 Å². The Balaban J connectivity index is 1.35. The number of halogens is 1. The van der Waals surface area contributed by atoms with Crippen molar-refractivity contribution < 1.29 is 18.7 Å². The first-order chi connectivity index (χ1) is 17.6. The lowest BCUT2D eigenvalue weighted by atomic mass is 10.2. The summed E-state index contributed by atoms with van der Waals surface area (Å²) in [7, 11) is 0. The van der Waals surface area contributed by atoms with Crippen LogP contribution in [0.15, 0.2) is 60.8 Å². The lowest BCUT2D eigenvalue weighted by molar-refractivity contribution is -0.124. The van der Waals surface area contributed by atoms with Gasteiger partial charge in [0.2, 0.25) is 11.7 Å². The molecule has 2 aromatic carbocycles. The third-order valence-corrected chi connectivity index (χ3v) is 5.89. The highest BCUT2D eigenvalue weighted by atomic mass is 19.1. The maximum Gasteiger partial charge on any atom is 0.251 e. The van der Waals surface area contributed by atoms with E-state index < -0.39 is 11.7 Å². The highest BCUT2D eigenvalue weighted by Crippen LogP contribution is 2.21. The van der Waals surface area contributed by atoms with Crippen LogP contribution in [0, 0.1) is 5.82 Å². The number of hydrogen-bond acceptors (Lipinski definition) is 7. The first-order valence-corrected chi connectivity index (χ1v) is 11.6. The Hall–Kier alpha value is -4.25. The number of benzene rings is 2. The minimum atomic E-state index is -0.491. The first kappa shape index (κ1) is 23.5. The smallest absolute Gasteiger partial charge is 0.251 e. The van der Waals surface area contributed by atoms with Crippen molar-refractivity contribution >= 4 is 28.4 Å². The molecule has 1 saturated heterocycles. The van der Waals surface area contributed by atoms with Crippen molar-refractivity contribution in [1.29, 1.82) is 0 Å². The van der Waals surface area contributed by atoms with Crippen LogP contribution in [0.4, 0.5) is 10.1 Å². The molecule has 3 heterocycles. The molecule has 0 saturated carbocycles. The van der Waals surface area contributed by atoms with Crippen LogP contribution in [0.1, 0.15) is 12.8 Å². The van der Waals surface area contributed by atoms with Crippen LogP contribution < -0.4 is 10.2 Å². The molecular weight excluding hydrogens is 465 g/mol. The molecule has 36 heavy (non-hydrogen) atoms. The molecule has 10 nitrogen and oxygen atoms in total. The molecule has 2 amide bonds. The summed E-state index contributed by atoms with van der Waals surface area (Å²) in [6.45, 7) is 0.550. The fourth-order valence-corrected chi connectivity index (χ4v) is 4.03. The van der Waals surface area contributed by atoms with E-state index in [0.29, 0.717) is 18.8 Å². The second kappa shape index (κ2) is 10.6. The number of carbonyl (C=O) groups excluding carboxylic acids is 2. The number of nitrogens with zero attached hydrogens (tertiary/aromatic N) is 6. The van der Waals surface area contributed by atoms with Crippen LogP contribution in [0.2, 0.25) is 0 Å². The average Bonchev–Trinajstić information content (AvgIpc) is 3.58. The third kappa shape index (κ3) is 5.36.